The number of hydrogen-bond donors (Lipinski definition) is 1. The number of carbonyl (C=O) groups is 3. The molecule has 5 rings (SSSR count). The highest BCUT2D eigenvalue weighted by molar-refractivity contribution is 6.23. The van der Waals surface area contributed by atoms with Gasteiger partial charge in [-0.1, -0.05) is 30.3 Å². The summed E-state index contributed by atoms with van der Waals surface area (Å²) in [6.07, 6.45) is -1.01. The molecule has 2 aliphatic heterocycles. The minimum atomic E-state index is -1.01. The van der Waals surface area contributed by atoms with Gasteiger partial charge in [0.15, 0.2) is 6.10 Å². The second-order valence-corrected chi connectivity index (χ2v) is 7.95. The summed E-state index contributed by atoms with van der Waals surface area (Å²) in [5.74, 6) is -2.35. The summed E-state index contributed by atoms with van der Waals surface area (Å²) in [5, 5.41) is 4.31. The lowest BCUT2D eigenvalue weighted by Crippen LogP contribution is -2.37. The normalized spacial score (nSPS) is 21.9. The maximum absolute atomic E-state index is 13.5. The van der Waals surface area contributed by atoms with Gasteiger partial charge in [-0.2, -0.15) is 0 Å². The van der Waals surface area contributed by atoms with Crippen molar-refractivity contribution in [2.45, 2.75) is 19.1 Å². The highest BCUT2D eigenvalue weighted by Gasteiger charge is 2.60. The van der Waals surface area contributed by atoms with E-state index in [1.54, 1.807) is 29.3 Å². The number of para-hydroxylation sites is 1. The van der Waals surface area contributed by atoms with Gasteiger partial charge >= 0.3 is 0 Å². The van der Waals surface area contributed by atoms with Gasteiger partial charge in [-0.15, -0.1) is 0 Å². The van der Waals surface area contributed by atoms with Crippen LogP contribution in [0.3, 0.4) is 0 Å². The summed E-state index contributed by atoms with van der Waals surface area (Å²) < 4.78 is 13.4. The fourth-order valence-electron chi connectivity index (χ4n) is 4.36. The number of amides is 3. The summed E-state index contributed by atoms with van der Waals surface area (Å²) in [7, 11) is 0. The average Bonchev–Trinajstić information content (AvgIpc) is 3.32. The molecule has 3 amide bonds. The van der Waals surface area contributed by atoms with Gasteiger partial charge in [-0.05, 0) is 54.1 Å². The predicted octanol–water partition coefficient (Wildman–Crippen LogP) is 3.84. The molecule has 7 nitrogen and oxygen atoms in total. The van der Waals surface area contributed by atoms with Crippen LogP contribution in [-0.4, -0.2) is 23.8 Å². The van der Waals surface area contributed by atoms with Crippen molar-refractivity contribution < 1.29 is 23.6 Å². The molecule has 2 heterocycles. The first-order valence-electron chi connectivity index (χ1n) is 10.5. The largest absolute Gasteiger partial charge is 0.326 e. The second kappa shape index (κ2) is 8.14. The lowest BCUT2D eigenvalue weighted by molar-refractivity contribution is -0.126. The molecular weight excluding hydrogens is 425 g/mol. The van der Waals surface area contributed by atoms with Crippen LogP contribution in [0.15, 0.2) is 78.9 Å². The van der Waals surface area contributed by atoms with Crippen molar-refractivity contribution in [3.05, 3.63) is 90.2 Å². The molecular formula is C25H20FN3O4. The van der Waals surface area contributed by atoms with Gasteiger partial charge in [-0.25, -0.2) is 14.4 Å². The number of rotatable bonds is 4. The zero-order chi connectivity index (χ0) is 23.1. The Morgan fingerprint density at radius 1 is 0.879 bits per heavy atom. The third-order valence-corrected chi connectivity index (χ3v) is 5.78. The van der Waals surface area contributed by atoms with Crippen LogP contribution < -0.4 is 15.3 Å². The summed E-state index contributed by atoms with van der Waals surface area (Å²) in [4.78, 5) is 45.2. The topological polar surface area (TPSA) is 79.0 Å². The van der Waals surface area contributed by atoms with E-state index in [-0.39, 0.29) is 5.91 Å². The molecule has 2 aliphatic rings. The Morgan fingerprint density at radius 3 is 2.18 bits per heavy atom. The molecule has 1 N–H and O–H groups in total. The molecule has 0 aliphatic carbocycles. The number of halogens is 1. The monoisotopic (exact) mass is 445 g/mol. The van der Waals surface area contributed by atoms with E-state index in [2.05, 4.69) is 5.32 Å². The van der Waals surface area contributed by atoms with Crippen molar-refractivity contribution in [3.63, 3.8) is 0 Å². The van der Waals surface area contributed by atoms with E-state index in [4.69, 9.17) is 4.84 Å². The van der Waals surface area contributed by atoms with Crippen LogP contribution in [0.5, 0.6) is 0 Å². The van der Waals surface area contributed by atoms with E-state index in [0.29, 0.717) is 17.1 Å². The first kappa shape index (κ1) is 20.8. The summed E-state index contributed by atoms with van der Waals surface area (Å²) in [6, 6.07) is 21.0. The van der Waals surface area contributed by atoms with E-state index in [0.717, 1.165) is 10.5 Å². The van der Waals surface area contributed by atoms with Crippen LogP contribution in [0.1, 0.15) is 18.5 Å². The molecule has 8 heteroatoms. The predicted molar refractivity (Wildman–Crippen MR) is 120 cm³/mol. The maximum Gasteiger partial charge on any atom is 0.266 e. The Bertz CT molecular complexity index is 1210. The lowest BCUT2D eigenvalue weighted by atomic mass is 9.90. The Balaban J connectivity index is 1.54. The van der Waals surface area contributed by atoms with Crippen LogP contribution in [-0.2, 0) is 19.2 Å². The zero-order valence-corrected chi connectivity index (χ0v) is 17.6. The molecule has 3 atom stereocenters. The van der Waals surface area contributed by atoms with Gasteiger partial charge in [0.25, 0.3) is 5.91 Å². The van der Waals surface area contributed by atoms with Crippen LogP contribution in [0, 0.1) is 11.7 Å². The average molecular weight is 445 g/mol. The van der Waals surface area contributed by atoms with E-state index < -0.39 is 35.7 Å². The highest BCUT2D eigenvalue weighted by Crippen LogP contribution is 2.47. The molecule has 0 saturated carbocycles. The smallest absolute Gasteiger partial charge is 0.266 e. The van der Waals surface area contributed by atoms with Crippen LogP contribution >= 0.6 is 0 Å². The third kappa shape index (κ3) is 3.64. The van der Waals surface area contributed by atoms with Gasteiger partial charge in [-0.3, -0.25) is 19.2 Å². The van der Waals surface area contributed by atoms with Gasteiger partial charge in [0.1, 0.15) is 11.7 Å². The number of fused-ring (bicyclic) bond motifs is 1. The Kier molecular flexibility index (Phi) is 5.14. The zero-order valence-electron chi connectivity index (χ0n) is 17.6. The summed E-state index contributed by atoms with van der Waals surface area (Å²) in [6.45, 7) is 1.42. The second-order valence-electron chi connectivity index (χ2n) is 7.95. The number of nitrogens with one attached hydrogen (secondary N) is 1. The van der Waals surface area contributed by atoms with Crippen molar-refractivity contribution >= 4 is 34.8 Å². The Morgan fingerprint density at radius 2 is 1.55 bits per heavy atom. The Hall–Kier alpha value is -4.04. The molecule has 0 bridgehead atoms. The fourth-order valence-corrected chi connectivity index (χ4v) is 4.36. The third-order valence-electron chi connectivity index (χ3n) is 5.78. The van der Waals surface area contributed by atoms with Crippen molar-refractivity contribution in [3.8, 4) is 0 Å². The molecule has 166 valence electrons. The van der Waals surface area contributed by atoms with E-state index in [9.17, 15) is 18.8 Å². The number of hydroxylamine groups is 1. The molecule has 2 fully saturated rings. The lowest BCUT2D eigenvalue weighted by Gasteiger charge is -2.28. The fraction of sp³-hybridized carbons (Fsp3) is 0.160. The van der Waals surface area contributed by atoms with Crippen molar-refractivity contribution in [2.24, 2.45) is 5.92 Å². The van der Waals surface area contributed by atoms with Crippen molar-refractivity contribution in [1.29, 1.82) is 0 Å². The number of anilines is 3. The quantitative estimate of drug-likeness (QED) is 0.618. The minimum Gasteiger partial charge on any atom is -0.326 e. The number of imide groups is 1. The molecule has 33 heavy (non-hydrogen) atoms. The first-order valence-corrected chi connectivity index (χ1v) is 10.5. The SMILES string of the molecule is CC(=O)Nc1ccc([C@H]2[C@H]3C(=O)N(c4ccc(F)cc4)C(=O)[C@@H]3ON2c2ccccc2)cc1. The first-order chi connectivity index (χ1) is 15.9. The van der Waals surface area contributed by atoms with Gasteiger partial charge in [0.05, 0.1) is 17.4 Å². The standard InChI is InChI=1S/C25H20FN3O4/c1-15(30)27-18-11-7-16(8-12-18)22-21-23(33-29(22)20-5-3-2-4-6-20)25(32)28(24(21)31)19-13-9-17(26)10-14-19/h2-14,21-23H,1H3,(H,27,30)/t21-,22+,23-/m1/s1. The number of hydrogen-bond acceptors (Lipinski definition) is 5. The highest BCUT2D eigenvalue weighted by atomic mass is 19.1. The molecule has 0 radical (unpaired) electrons. The molecule has 0 spiro atoms. The van der Waals surface area contributed by atoms with Gasteiger partial charge in [0.2, 0.25) is 11.8 Å². The van der Waals surface area contributed by atoms with Crippen molar-refractivity contribution in [2.75, 3.05) is 15.3 Å². The van der Waals surface area contributed by atoms with E-state index >= 15 is 0 Å². The molecule has 0 unspecified atom stereocenters. The minimum absolute atomic E-state index is 0.190. The van der Waals surface area contributed by atoms with Gasteiger partial charge < -0.3 is 5.32 Å². The van der Waals surface area contributed by atoms with Crippen molar-refractivity contribution in [1.82, 2.24) is 0 Å². The molecule has 3 aromatic rings. The Labute approximate surface area is 189 Å². The summed E-state index contributed by atoms with van der Waals surface area (Å²) in [5.41, 5.74) is 2.38. The van der Waals surface area contributed by atoms with Crippen LogP contribution in [0.2, 0.25) is 0 Å². The van der Waals surface area contributed by atoms with Crippen LogP contribution in [0.4, 0.5) is 21.5 Å². The van der Waals surface area contributed by atoms with E-state index in [1.165, 1.54) is 31.2 Å². The molecule has 0 aromatic heterocycles. The van der Waals surface area contributed by atoms with Gasteiger partial charge in [0, 0.05) is 12.6 Å². The number of carbonyl (C=O) groups excluding carboxylic acids is 3. The van der Waals surface area contributed by atoms with E-state index in [1.807, 2.05) is 30.3 Å². The number of nitrogens with zero attached hydrogens (tertiary/aromatic N) is 2. The molecule has 3 aromatic carbocycles. The van der Waals surface area contributed by atoms with Crippen LogP contribution in [0.25, 0.3) is 0 Å². The maximum atomic E-state index is 13.5. The number of benzene rings is 3. The molecule has 2 saturated heterocycles. The summed E-state index contributed by atoms with van der Waals surface area (Å²) >= 11 is 0.